The molecule has 1 atom stereocenters. The smallest absolute Gasteiger partial charge is 0.306 e. The molecular weight excluding hydrogens is 302 g/mol. The van der Waals surface area contributed by atoms with Gasteiger partial charge in [0, 0.05) is 18.7 Å². The molecule has 1 N–H and O–H groups in total. The quantitative estimate of drug-likeness (QED) is 0.880. The molecule has 0 aromatic heterocycles. The highest BCUT2D eigenvalue weighted by molar-refractivity contribution is 5.96. The second-order valence-corrected chi connectivity index (χ2v) is 5.36. The highest BCUT2D eigenvalue weighted by Crippen LogP contribution is 2.31. The Bertz CT molecular complexity index is 600. The Morgan fingerprint density at radius 1 is 1.30 bits per heavy atom. The number of methoxy groups -OCH3 is 2. The molecule has 1 saturated heterocycles. The molecule has 1 heterocycles. The summed E-state index contributed by atoms with van der Waals surface area (Å²) < 4.78 is 15.9. The molecule has 1 fully saturated rings. The molecule has 126 valence electrons. The fourth-order valence-electron chi connectivity index (χ4n) is 2.60. The summed E-state index contributed by atoms with van der Waals surface area (Å²) in [5.74, 6) is -0.0576. The number of carbonyl (C=O) groups excluding carboxylic acids is 1. The van der Waals surface area contributed by atoms with E-state index in [9.17, 15) is 9.59 Å². The van der Waals surface area contributed by atoms with Crippen molar-refractivity contribution in [1.82, 2.24) is 4.90 Å². The lowest BCUT2D eigenvalue weighted by Gasteiger charge is -2.32. The average molecular weight is 323 g/mol. The molecule has 1 aliphatic heterocycles. The summed E-state index contributed by atoms with van der Waals surface area (Å²) in [7, 11) is 3.05. The number of carbonyl (C=O) groups is 2. The van der Waals surface area contributed by atoms with E-state index >= 15 is 0 Å². The number of rotatable bonds is 5. The Balaban J connectivity index is 2.21. The van der Waals surface area contributed by atoms with Crippen LogP contribution in [0, 0.1) is 6.92 Å². The maximum atomic E-state index is 12.7. The van der Waals surface area contributed by atoms with Gasteiger partial charge in [-0.3, -0.25) is 9.59 Å². The monoisotopic (exact) mass is 323 g/mol. The van der Waals surface area contributed by atoms with E-state index in [1.807, 2.05) is 6.92 Å². The third kappa shape index (κ3) is 3.92. The number of ether oxygens (including phenoxy) is 3. The van der Waals surface area contributed by atoms with Gasteiger partial charge in [-0.2, -0.15) is 0 Å². The number of hydrogen-bond donors (Lipinski definition) is 1. The van der Waals surface area contributed by atoms with Crippen molar-refractivity contribution in [3.05, 3.63) is 23.3 Å². The number of nitrogens with zero attached hydrogens (tertiary/aromatic N) is 1. The van der Waals surface area contributed by atoms with Crippen molar-refractivity contribution in [2.24, 2.45) is 0 Å². The van der Waals surface area contributed by atoms with E-state index in [0.717, 1.165) is 5.56 Å². The maximum Gasteiger partial charge on any atom is 0.306 e. The molecule has 0 saturated carbocycles. The minimum atomic E-state index is -0.938. The van der Waals surface area contributed by atoms with Crippen LogP contribution in [0.15, 0.2) is 12.1 Å². The third-order valence-electron chi connectivity index (χ3n) is 3.79. The Morgan fingerprint density at radius 3 is 2.57 bits per heavy atom. The van der Waals surface area contributed by atoms with Gasteiger partial charge in [-0.1, -0.05) is 0 Å². The first-order chi connectivity index (χ1) is 11.0. The van der Waals surface area contributed by atoms with Crippen LogP contribution in [-0.2, 0) is 9.53 Å². The molecule has 1 aromatic carbocycles. The van der Waals surface area contributed by atoms with Gasteiger partial charge in [-0.15, -0.1) is 0 Å². The molecule has 7 heteroatoms. The van der Waals surface area contributed by atoms with Crippen LogP contribution in [0.25, 0.3) is 0 Å². The molecule has 23 heavy (non-hydrogen) atoms. The Morgan fingerprint density at radius 2 is 1.96 bits per heavy atom. The van der Waals surface area contributed by atoms with Crippen LogP contribution in [0.1, 0.15) is 22.3 Å². The van der Waals surface area contributed by atoms with Crippen molar-refractivity contribution in [3.63, 3.8) is 0 Å². The Labute approximate surface area is 134 Å². The van der Waals surface area contributed by atoms with Gasteiger partial charge in [0.1, 0.15) is 0 Å². The molecular formula is C16H21NO6. The lowest BCUT2D eigenvalue weighted by molar-refractivity contribution is -0.141. The van der Waals surface area contributed by atoms with Gasteiger partial charge in [0.05, 0.1) is 33.4 Å². The molecule has 1 amide bonds. The Kier molecular flexibility index (Phi) is 5.44. The van der Waals surface area contributed by atoms with Gasteiger partial charge in [0.2, 0.25) is 0 Å². The summed E-state index contributed by atoms with van der Waals surface area (Å²) >= 11 is 0. The highest BCUT2D eigenvalue weighted by atomic mass is 16.5. The number of aryl methyl sites for hydroxylation is 1. The van der Waals surface area contributed by atoms with Crippen LogP contribution in [0.2, 0.25) is 0 Å². The molecule has 1 aliphatic rings. The predicted molar refractivity (Wildman–Crippen MR) is 82.2 cm³/mol. The molecule has 1 aromatic rings. The highest BCUT2D eigenvalue weighted by Gasteiger charge is 2.28. The lowest BCUT2D eigenvalue weighted by Crippen LogP contribution is -2.46. The van der Waals surface area contributed by atoms with E-state index in [1.54, 1.807) is 17.0 Å². The molecule has 2 rings (SSSR count). The standard InChI is InChI=1S/C16H21NO6/c1-10-6-13(21-2)14(22-3)8-12(10)16(20)17-4-5-23-11(9-17)7-15(18)19/h6,8,11H,4-5,7,9H2,1-3H3,(H,18,19). The van der Waals surface area contributed by atoms with Crippen LogP contribution < -0.4 is 9.47 Å². The van der Waals surface area contributed by atoms with Crippen LogP contribution in [0.5, 0.6) is 11.5 Å². The van der Waals surface area contributed by atoms with Gasteiger partial charge in [-0.25, -0.2) is 0 Å². The number of aliphatic carboxylic acids is 1. The van der Waals surface area contributed by atoms with E-state index < -0.39 is 12.1 Å². The summed E-state index contributed by atoms with van der Waals surface area (Å²) in [6, 6.07) is 3.40. The minimum absolute atomic E-state index is 0.116. The molecule has 0 aliphatic carbocycles. The maximum absolute atomic E-state index is 12.7. The second-order valence-electron chi connectivity index (χ2n) is 5.36. The number of benzene rings is 1. The summed E-state index contributed by atoms with van der Waals surface area (Å²) in [5.41, 5.74) is 1.28. The molecule has 1 unspecified atom stereocenters. The topological polar surface area (TPSA) is 85.3 Å². The van der Waals surface area contributed by atoms with Crippen molar-refractivity contribution in [3.8, 4) is 11.5 Å². The second kappa shape index (κ2) is 7.32. The summed E-state index contributed by atoms with van der Waals surface area (Å²) in [4.78, 5) is 25.2. The van der Waals surface area contributed by atoms with Crippen molar-refractivity contribution < 1.29 is 28.9 Å². The SMILES string of the molecule is COc1cc(C)c(C(=O)N2CCOC(CC(=O)O)C2)cc1OC. The van der Waals surface area contributed by atoms with Crippen molar-refractivity contribution in [2.45, 2.75) is 19.4 Å². The number of hydrogen-bond acceptors (Lipinski definition) is 5. The van der Waals surface area contributed by atoms with Crippen molar-refractivity contribution in [2.75, 3.05) is 33.9 Å². The summed E-state index contributed by atoms with van der Waals surface area (Å²) in [6.45, 7) is 2.85. The number of morpholine rings is 1. The minimum Gasteiger partial charge on any atom is -0.493 e. The molecule has 7 nitrogen and oxygen atoms in total. The van der Waals surface area contributed by atoms with Gasteiger partial charge in [0.15, 0.2) is 11.5 Å². The van der Waals surface area contributed by atoms with E-state index in [2.05, 4.69) is 0 Å². The molecule has 0 spiro atoms. The van der Waals surface area contributed by atoms with E-state index in [0.29, 0.717) is 30.2 Å². The Hall–Kier alpha value is -2.28. The van der Waals surface area contributed by atoms with Crippen LogP contribution in [-0.4, -0.2) is 61.9 Å². The number of carboxylic acids is 1. The van der Waals surface area contributed by atoms with Crippen molar-refractivity contribution >= 4 is 11.9 Å². The van der Waals surface area contributed by atoms with Crippen LogP contribution in [0.3, 0.4) is 0 Å². The summed E-state index contributed by atoms with van der Waals surface area (Å²) in [6.07, 6.45) is -0.597. The van der Waals surface area contributed by atoms with Gasteiger partial charge in [0.25, 0.3) is 5.91 Å². The zero-order chi connectivity index (χ0) is 17.0. The molecule has 0 bridgehead atoms. The zero-order valence-corrected chi connectivity index (χ0v) is 13.5. The van der Waals surface area contributed by atoms with Crippen LogP contribution in [0.4, 0.5) is 0 Å². The molecule has 0 radical (unpaired) electrons. The number of carboxylic acid groups (broad SMARTS) is 1. The summed E-state index contributed by atoms with van der Waals surface area (Å²) in [5, 5.41) is 8.86. The lowest BCUT2D eigenvalue weighted by atomic mass is 10.1. The normalized spacial score (nSPS) is 17.7. The first-order valence-corrected chi connectivity index (χ1v) is 7.31. The van der Waals surface area contributed by atoms with Crippen molar-refractivity contribution in [1.29, 1.82) is 0 Å². The van der Waals surface area contributed by atoms with Gasteiger partial charge >= 0.3 is 5.97 Å². The zero-order valence-electron chi connectivity index (χ0n) is 13.5. The first-order valence-electron chi connectivity index (χ1n) is 7.31. The fourth-order valence-corrected chi connectivity index (χ4v) is 2.60. The third-order valence-corrected chi connectivity index (χ3v) is 3.79. The average Bonchev–Trinajstić information content (AvgIpc) is 2.53. The number of amides is 1. The fraction of sp³-hybridized carbons (Fsp3) is 0.500. The van der Waals surface area contributed by atoms with Crippen LogP contribution >= 0.6 is 0 Å². The van der Waals surface area contributed by atoms with Gasteiger partial charge < -0.3 is 24.2 Å². The van der Waals surface area contributed by atoms with Gasteiger partial charge in [-0.05, 0) is 24.6 Å². The van der Waals surface area contributed by atoms with E-state index in [1.165, 1.54) is 14.2 Å². The van der Waals surface area contributed by atoms with E-state index in [4.69, 9.17) is 19.3 Å². The van der Waals surface area contributed by atoms with E-state index in [-0.39, 0.29) is 18.9 Å². The predicted octanol–water partition coefficient (Wildman–Crippen LogP) is 1.33. The first kappa shape index (κ1) is 17.1. The largest absolute Gasteiger partial charge is 0.493 e.